The molecule has 3 N–H and O–H groups in total. The van der Waals surface area contributed by atoms with Crippen molar-refractivity contribution in [2.45, 2.75) is 89.7 Å². The molecule has 0 radical (unpaired) electrons. The maximum absolute atomic E-state index is 11.8. The van der Waals surface area contributed by atoms with E-state index in [1.54, 1.807) is 0 Å². The van der Waals surface area contributed by atoms with Crippen molar-refractivity contribution in [1.29, 1.82) is 0 Å². The number of carboxylic acid groups (broad SMARTS) is 2. The standard InChI is InChI=1S/C23H36O5S/c1-8-10-23(14-19(26)27,29-11-9-18(24)25)15-12-16(21(2,3)4)20(28)17(13-15)22(5,6)7/h12-13,28H,8-11,14H2,1-7H3,(H,24,25)(H,26,27). The first-order valence-corrected chi connectivity index (χ1v) is 11.1. The molecule has 0 aromatic heterocycles. The van der Waals surface area contributed by atoms with Gasteiger partial charge in [0.25, 0.3) is 0 Å². The maximum Gasteiger partial charge on any atom is 0.305 e. The second kappa shape index (κ2) is 9.41. The number of phenolic OH excluding ortho intramolecular Hbond substituents is 1. The summed E-state index contributed by atoms with van der Waals surface area (Å²) >= 11 is 1.40. The van der Waals surface area contributed by atoms with Crippen LogP contribution in [0.5, 0.6) is 5.75 Å². The fourth-order valence-corrected chi connectivity index (χ4v) is 5.09. The normalized spacial score (nSPS) is 14.4. The van der Waals surface area contributed by atoms with E-state index in [1.165, 1.54) is 11.8 Å². The molecule has 5 nitrogen and oxygen atoms in total. The number of thioether (sulfide) groups is 1. The fraction of sp³-hybridized carbons (Fsp3) is 0.652. The Hall–Kier alpha value is -1.69. The molecule has 1 atom stereocenters. The SMILES string of the molecule is CCCC(CC(=O)O)(SCCC(=O)O)c1cc(C(C)(C)C)c(O)c(C(C)(C)C)c1. The van der Waals surface area contributed by atoms with E-state index < -0.39 is 16.7 Å². The minimum atomic E-state index is -0.913. The monoisotopic (exact) mass is 424 g/mol. The molecular weight excluding hydrogens is 388 g/mol. The zero-order valence-electron chi connectivity index (χ0n) is 18.8. The fourth-order valence-electron chi connectivity index (χ4n) is 3.56. The van der Waals surface area contributed by atoms with Gasteiger partial charge in [-0.2, -0.15) is 0 Å². The molecule has 29 heavy (non-hydrogen) atoms. The molecule has 0 aliphatic carbocycles. The maximum atomic E-state index is 11.8. The van der Waals surface area contributed by atoms with E-state index in [0.717, 1.165) is 23.1 Å². The topological polar surface area (TPSA) is 94.8 Å². The minimum Gasteiger partial charge on any atom is -0.507 e. The molecule has 0 aliphatic heterocycles. The van der Waals surface area contributed by atoms with Crippen LogP contribution in [0.4, 0.5) is 0 Å². The largest absolute Gasteiger partial charge is 0.507 e. The van der Waals surface area contributed by atoms with Gasteiger partial charge in [0.1, 0.15) is 5.75 Å². The Bertz CT molecular complexity index is 708. The summed E-state index contributed by atoms with van der Waals surface area (Å²) in [5, 5.41) is 29.8. The molecule has 0 saturated heterocycles. The van der Waals surface area contributed by atoms with Gasteiger partial charge in [0.15, 0.2) is 0 Å². The van der Waals surface area contributed by atoms with E-state index in [4.69, 9.17) is 5.11 Å². The molecule has 1 rings (SSSR count). The number of hydrogen-bond acceptors (Lipinski definition) is 4. The van der Waals surface area contributed by atoms with E-state index in [0.29, 0.717) is 12.2 Å². The molecule has 0 amide bonds. The van der Waals surface area contributed by atoms with Gasteiger partial charge in [-0.15, -0.1) is 11.8 Å². The molecule has 0 spiro atoms. The first kappa shape index (κ1) is 25.3. The van der Waals surface area contributed by atoms with Gasteiger partial charge in [0.05, 0.1) is 17.6 Å². The molecule has 1 aromatic rings. The van der Waals surface area contributed by atoms with Crippen LogP contribution in [-0.4, -0.2) is 33.0 Å². The predicted molar refractivity (Wildman–Crippen MR) is 119 cm³/mol. The highest BCUT2D eigenvalue weighted by Gasteiger charge is 2.38. The lowest BCUT2D eigenvalue weighted by atomic mass is 9.76. The van der Waals surface area contributed by atoms with E-state index in [1.807, 2.05) is 60.6 Å². The average Bonchev–Trinajstić information content (AvgIpc) is 2.51. The van der Waals surface area contributed by atoms with Crippen molar-refractivity contribution in [2.24, 2.45) is 0 Å². The lowest BCUT2D eigenvalue weighted by Gasteiger charge is -2.36. The molecule has 0 aliphatic rings. The average molecular weight is 425 g/mol. The van der Waals surface area contributed by atoms with E-state index in [2.05, 4.69) is 0 Å². The molecule has 0 fully saturated rings. The summed E-state index contributed by atoms with van der Waals surface area (Å²) in [6, 6.07) is 3.86. The number of aliphatic carboxylic acids is 2. The van der Waals surface area contributed by atoms with Gasteiger partial charge >= 0.3 is 11.9 Å². The van der Waals surface area contributed by atoms with Crippen molar-refractivity contribution in [2.75, 3.05) is 5.75 Å². The van der Waals surface area contributed by atoms with Crippen LogP contribution in [0, 0.1) is 0 Å². The Balaban J connectivity index is 3.76. The zero-order valence-corrected chi connectivity index (χ0v) is 19.6. The Labute approximate surface area is 178 Å². The molecule has 1 aromatic carbocycles. The van der Waals surface area contributed by atoms with E-state index in [9.17, 15) is 19.8 Å². The number of carboxylic acids is 2. The Morgan fingerprint density at radius 3 is 1.76 bits per heavy atom. The zero-order chi connectivity index (χ0) is 22.6. The van der Waals surface area contributed by atoms with Gasteiger partial charge in [-0.1, -0.05) is 67.0 Å². The Kier molecular flexibility index (Phi) is 8.23. The molecule has 164 valence electrons. The molecule has 0 bridgehead atoms. The minimum absolute atomic E-state index is 0.0217. The van der Waals surface area contributed by atoms with Gasteiger partial charge in [-0.3, -0.25) is 9.59 Å². The number of hydrogen-bond donors (Lipinski definition) is 3. The lowest BCUT2D eigenvalue weighted by molar-refractivity contribution is -0.138. The highest BCUT2D eigenvalue weighted by Crippen LogP contribution is 2.49. The summed E-state index contributed by atoms with van der Waals surface area (Å²) in [6.07, 6.45) is 1.26. The van der Waals surface area contributed by atoms with Crippen LogP contribution in [0.15, 0.2) is 12.1 Å². The van der Waals surface area contributed by atoms with Crippen LogP contribution >= 0.6 is 11.8 Å². The second-order valence-corrected chi connectivity index (χ2v) is 11.2. The van der Waals surface area contributed by atoms with Crippen LogP contribution < -0.4 is 0 Å². The van der Waals surface area contributed by atoms with Gasteiger partial charge in [-0.25, -0.2) is 0 Å². The summed E-state index contributed by atoms with van der Waals surface area (Å²) in [5.74, 6) is -1.22. The van der Waals surface area contributed by atoms with Gasteiger partial charge in [0.2, 0.25) is 0 Å². The molecule has 6 heteroatoms. The highest BCUT2D eigenvalue weighted by atomic mass is 32.2. The molecule has 0 heterocycles. The Morgan fingerprint density at radius 2 is 1.41 bits per heavy atom. The molecule has 1 unspecified atom stereocenters. The van der Waals surface area contributed by atoms with Gasteiger partial charge < -0.3 is 15.3 Å². The third-order valence-corrected chi connectivity index (χ3v) is 6.58. The first-order valence-electron chi connectivity index (χ1n) is 10.1. The van der Waals surface area contributed by atoms with Crippen LogP contribution in [-0.2, 0) is 25.2 Å². The summed E-state index contributed by atoms with van der Waals surface area (Å²) in [4.78, 5) is 22.9. The third-order valence-electron chi connectivity index (χ3n) is 5.04. The van der Waals surface area contributed by atoms with Crippen molar-refractivity contribution in [3.05, 3.63) is 28.8 Å². The van der Waals surface area contributed by atoms with Crippen molar-refractivity contribution in [3.63, 3.8) is 0 Å². The number of carbonyl (C=O) groups is 2. The van der Waals surface area contributed by atoms with Crippen molar-refractivity contribution >= 4 is 23.7 Å². The van der Waals surface area contributed by atoms with Crippen LogP contribution in [0.2, 0.25) is 0 Å². The highest BCUT2D eigenvalue weighted by molar-refractivity contribution is 8.00. The number of benzene rings is 1. The van der Waals surface area contributed by atoms with Crippen molar-refractivity contribution in [3.8, 4) is 5.75 Å². The Morgan fingerprint density at radius 1 is 0.931 bits per heavy atom. The number of aromatic hydroxyl groups is 1. The quantitative estimate of drug-likeness (QED) is 0.473. The number of rotatable bonds is 9. The summed E-state index contributed by atoms with van der Waals surface area (Å²) in [5.41, 5.74) is 1.76. The molecular formula is C23H36O5S. The van der Waals surface area contributed by atoms with Gasteiger partial charge in [0, 0.05) is 5.75 Å². The van der Waals surface area contributed by atoms with Crippen molar-refractivity contribution in [1.82, 2.24) is 0 Å². The van der Waals surface area contributed by atoms with E-state index >= 15 is 0 Å². The van der Waals surface area contributed by atoms with Crippen molar-refractivity contribution < 1.29 is 24.9 Å². The number of phenols is 1. The van der Waals surface area contributed by atoms with Gasteiger partial charge in [-0.05, 0) is 33.9 Å². The summed E-state index contributed by atoms with van der Waals surface area (Å²) < 4.78 is -0.746. The first-order chi connectivity index (χ1) is 13.1. The van der Waals surface area contributed by atoms with Crippen LogP contribution in [0.3, 0.4) is 0 Å². The predicted octanol–water partition coefficient (Wildman–Crippen LogP) is 5.67. The third kappa shape index (κ3) is 6.66. The smallest absolute Gasteiger partial charge is 0.305 e. The van der Waals surface area contributed by atoms with Crippen LogP contribution in [0.25, 0.3) is 0 Å². The van der Waals surface area contributed by atoms with E-state index in [-0.39, 0.29) is 29.4 Å². The summed E-state index contributed by atoms with van der Waals surface area (Å²) in [6.45, 7) is 14.1. The second-order valence-electron chi connectivity index (χ2n) is 9.73. The summed E-state index contributed by atoms with van der Waals surface area (Å²) in [7, 11) is 0. The van der Waals surface area contributed by atoms with Crippen LogP contribution in [0.1, 0.15) is 90.8 Å². The lowest BCUT2D eigenvalue weighted by Crippen LogP contribution is -2.29. The molecule has 0 saturated carbocycles.